The van der Waals surface area contributed by atoms with Gasteiger partial charge in [0, 0.05) is 45.7 Å². The van der Waals surface area contributed by atoms with Crippen molar-refractivity contribution >= 4 is 18.3 Å². The van der Waals surface area contributed by atoms with Gasteiger partial charge in [-0.1, -0.05) is 19.9 Å². The summed E-state index contributed by atoms with van der Waals surface area (Å²) in [5.41, 5.74) is 7.51. The van der Waals surface area contributed by atoms with E-state index in [1.807, 2.05) is 12.1 Å². The standard InChI is InChI=1S/C24H40N2O5.ClH/c1-17(2)19(15-20(25)21(27)16-26-10-5-7-24(26)28)13-18-8-9-22(30-4)23(14-18)31-12-6-11-29-3;/h8-9,14,17,19-21,27H,5-7,10-13,15-16,25H2,1-4H3;1H. The average molecular weight is 473 g/mol. The molecule has 32 heavy (non-hydrogen) atoms. The van der Waals surface area contributed by atoms with Gasteiger partial charge in [0.15, 0.2) is 11.5 Å². The van der Waals surface area contributed by atoms with Crippen LogP contribution in [0.3, 0.4) is 0 Å². The third-order valence-corrected chi connectivity index (χ3v) is 6.07. The molecule has 0 radical (unpaired) electrons. The van der Waals surface area contributed by atoms with Crippen LogP contribution in [-0.2, 0) is 16.0 Å². The Morgan fingerprint density at radius 3 is 2.53 bits per heavy atom. The van der Waals surface area contributed by atoms with Gasteiger partial charge in [-0.3, -0.25) is 4.79 Å². The average Bonchev–Trinajstić information content (AvgIpc) is 3.15. The molecule has 8 heteroatoms. The summed E-state index contributed by atoms with van der Waals surface area (Å²) in [5.74, 6) is 2.26. The zero-order chi connectivity index (χ0) is 22.8. The predicted molar refractivity (Wildman–Crippen MR) is 129 cm³/mol. The Balaban J connectivity index is 0.00000512. The van der Waals surface area contributed by atoms with Gasteiger partial charge in [-0.25, -0.2) is 0 Å². The van der Waals surface area contributed by atoms with Crippen LogP contribution in [0.1, 0.15) is 45.1 Å². The maximum Gasteiger partial charge on any atom is 0.222 e. The fourth-order valence-corrected chi connectivity index (χ4v) is 4.01. The van der Waals surface area contributed by atoms with Crippen LogP contribution < -0.4 is 15.2 Å². The van der Waals surface area contributed by atoms with Crippen molar-refractivity contribution in [3.63, 3.8) is 0 Å². The van der Waals surface area contributed by atoms with Crippen LogP contribution in [0.25, 0.3) is 0 Å². The van der Waals surface area contributed by atoms with Crippen molar-refractivity contribution in [1.82, 2.24) is 4.90 Å². The second kappa shape index (κ2) is 14.6. The molecule has 1 aliphatic rings. The zero-order valence-electron chi connectivity index (χ0n) is 19.9. The molecule has 0 bridgehead atoms. The highest BCUT2D eigenvalue weighted by molar-refractivity contribution is 5.85. The lowest BCUT2D eigenvalue weighted by Crippen LogP contribution is -2.45. The Labute approximate surface area is 199 Å². The smallest absolute Gasteiger partial charge is 0.222 e. The number of ether oxygens (including phenoxy) is 3. The molecule has 1 heterocycles. The van der Waals surface area contributed by atoms with Crippen LogP contribution in [0.5, 0.6) is 11.5 Å². The van der Waals surface area contributed by atoms with E-state index in [0.29, 0.717) is 50.2 Å². The molecule has 1 saturated heterocycles. The topological polar surface area (TPSA) is 94.3 Å². The predicted octanol–water partition coefficient (Wildman–Crippen LogP) is 3.05. The first kappa shape index (κ1) is 28.5. The molecule has 1 aromatic carbocycles. The van der Waals surface area contributed by atoms with Crippen molar-refractivity contribution < 1.29 is 24.1 Å². The molecule has 2 rings (SSSR count). The summed E-state index contributed by atoms with van der Waals surface area (Å²) in [6.07, 6.45) is 3.06. The van der Waals surface area contributed by atoms with Gasteiger partial charge in [-0.2, -0.15) is 0 Å². The van der Waals surface area contributed by atoms with E-state index < -0.39 is 6.10 Å². The quantitative estimate of drug-likeness (QED) is 0.404. The van der Waals surface area contributed by atoms with Gasteiger partial charge in [0.05, 0.1) is 19.8 Å². The molecule has 3 atom stereocenters. The number of aliphatic hydroxyl groups excluding tert-OH is 1. The van der Waals surface area contributed by atoms with Crippen LogP contribution in [0.2, 0.25) is 0 Å². The normalized spacial score (nSPS) is 16.6. The van der Waals surface area contributed by atoms with Crippen LogP contribution in [0.4, 0.5) is 0 Å². The van der Waals surface area contributed by atoms with E-state index >= 15 is 0 Å². The summed E-state index contributed by atoms with van der Waals surface area (Å²) >= 11 is 0. The second-order valence-electron chi connectivity index (χ2n) is 8.80. The van der Waals surface area contributed by atoms with E-state index in [2.05, 4.69) is 19.9 Å². The highest BCUT2D eigenvalue weighted by Gasteiger charge is 2.28. The summed E-state index contributed by atoms with van der Waals surface area (Å²) in [4.78, 5) is 13.6. The van der Waals surface area contributed by atoms with Gasteiger partial charge in [-0.05, 0) is 48.8 Å². The number of aliphatic hydroxyl groups is 1. The number of amides is 1. The molecule has 0 saturated carbocycles. The van der Waals surface area contributed by atoms with E-state index in [9.17, 15) is 9.90 Å². The maximum atomic E-state index is 11.8. The minimum atomic E-state index is -0.709. The highest BCUT2D eigenvalue weighted by Crippen LogP contribution is 2.31. The third-order valence-electron chi connectivity index (χ3n) is 6.07. The molecule has 0 spiro atoms. The lowest BCUT2D eigenvalue weighted by molar-refractivity contribution is -0.129. The number of β-amino-alcohol motifs (C(OH)–C–C–N with tert-alkyl or cyclic N) is 1. The number of nitrogens with two attached hydrogens (primary N) is 1. The van der Waals surface area contributed by atoms with E-state index in [-0.39, 0.29) is 24.4 Å². The van der Waals surface area contributed by atoms with Gasteiger partial charge in [0.2, 0.25) is 5.91 Å². The van der Waals surface area contributed by atoms with Crippen molar-refractivity contribution in [2.45, 2.75) is 58.1 Å². The molecule has 3 N–H and O–H groups in total. The van der Waals surface area contributed by atoms with Gasteiger partial charge < -0.3 is 30.0 Å². The first-order chi connectivity index (χ1) is 14.8. The summed E-state index contributed by atoms with van der Waals surface area (Å²) in [5, 5.41) is 10.6. The van der Waals surface area contributed by atoms with Crippen molar-refractivity contribution in [3.8, 4) is 11.5 Å². The molecule has 1 aromatic rings. The van der Waals surface area contributed by atoms with Crippen molar-refractivity contribution in [3.05, 3.63) is 23.8 Å². The minimum Gasteiger partial charge on any atom is -0.493 e. The number of likely N-dealkylation sites (tertiary alicyclic amines) is 1. The van der Waals surface area contributed by atoms with Crippen LogP contribution >= 0.6 is 12.4 Å². The molecular formula is C24H41ClN2O5. The summed E-state index contributed by atoms with van der Waals surface area (Å²) in [7, 11) is 3.32. The molecule has 1 aliphatic heterocycles. The fraction of sp³-hybridized carbons (Fsp3) is 0.708. The first-order valence-electron chi connectivity index (χ1n) is 11.4. The molecule has 1 fully saturated rings. The molecule has 3 unspecified atom stereocenters. The number of carbonyl (C=O) groups excluding carboxylic acids is 1. The number of methoxy groups -OCH3 is 2. The number of halogens is 1. The number of hydrogen-bond donors (Lipinski definition) is 2. The molecular weight excluding hydrogens is 432 g/mol. The van der Waals surface area contributed by atoms with Gasteiger partial charge >= 0.3 is 0 Å². The molecule has 1 amide bonds. The largest absolute Gasteiger partial charge is 0.493 e. The maximum absolute atomic E-state index is 11.8. The van der Waals surface area contributed by atoms with Crippen LogP contribution in [0.15, 0.2) is 18.2 Å². The second-order valence-corrected chi connectivity index (χ2v) is 8.80. The van der Waals surface area contributed by atoms with Crippen LogP contribution in [0, 0.1) is 11.8 Å². The third kappa shape index (κ3) is 8.77. The SMILES string of the molecule is COCCCOc1cc(CC(CC(N)C(O)CN2CCCC2=O)C(C)C)ccc1OC.Cl. The lowest BCUT2D eigenvalue weighted by Gasteiger charge is -2.29. The molecule has 7 nitrogen and oxygen atoms in total. The summed E-state index contributed by atoms with van der Waals surface area (Å²) < 4.78 is 16.4. The van der Waals surface area contributed by atoms with E-state index in [0.717, 1.165) is 37.1 Å². The monoisotopic (exact) mass is 472 g/mol. The van der Waals surface area contributed by atoms with E-state index in [4.69, 9.17) is 19.9 Å². The Hall–Kier alpha value is -1.54. The number of hydrogen-bond acceptors (Lipinski definition) is 6. The Bertz CT molecular complexity index is 688. The number of benzene rings is 1. The van der Waals surface area contributed by atoms with Gasteiger partial charge in [0.25, 0.3) is 0 Å². The number of carbonyl (C=O) groups is 1. The zero-order valence-corrected chi connectivity index (χ0v) is 20.7. The number of nitrogens with zero attached hydrogens (tertiary/aromatic N) is 1. The Morgan fingerprint density at radius 2 is 1.94 bits per heavy atom. The number of rotatable bonds is 14. The molecule has 0 aliphatic carbocycles. The van der Waals surface area contributed by atoms with Gasteiger partial charge in [-0.15, -0.1) is 12.4 Å². The fourth-order valence-electron chi connectivity index (χ4n) is 4.01. The lowest BCUT2D eigenvalue weighted by atomic mass is 9.83. The first-order valence-corrected chi connectivity index (χ1v) is 11.4. The highest BCUT2D eigenvalue weighted by atomic mass is 35.5. The van der Waals surface area contributed by atoms with Crippen LogP contribution in [-0.4, -0.2) is 68.6 Å². The van der Waals surface area contributed by atoms with E-state index in [1.54, 1.807) is 19.1 Å². The molecule has 184 valence electrons. The van der Waals surface area contributed by atoms with E-state index in [1.165, 1.54) is 0 Å². The Kier molecular flexibility index (Phi) is 13.0. The van der Waals surface area contributed by atoms with Gasteiger partial charge in [0.1, 0.15) is 0 Å². The van der Waals surface area contributed by atoms with Crippen molar-refractivity contribution in [1.29, 1.82) is 0 Å². The summed E-state index contributed by atoms with van der Waals surface area (Å²) in [6, 6.07) is 5.66. The summed E-state index contributed by atoms with van der Waals surface area (Å²) in [6.45, 7) is 6.62. The Morgan fingerprint density at radius 1 is 1.19 bits per heavy atom. The minimum absolute atomic E-state index is 0. The van der Waals surface area contributed by atoms with Crippen molar-refractivity contribution in [2.24, 2.45) is 17.6 Å². The molecule has 0 aromatic heterocycles. The van der Waals surface area contributed by atoms with Crippen molar-refractivity contribution in [2.75, 3.05) is 40.5 Å².